The van der Waals surface area contributed by atoms with Gasteiger partial charge in [-0.15, -0.1) is 0 Å². The summed E-state index contributed by atoms with van der Waals surface area (Å²) in [6, 6.07) is 13.7. The lowest BCUT2D eigenvalue weighted by molar-refractivity contribution is 0.102. The molecule has 1 amide bonds. The van der Waals surface area contributed by atoms with Crippen molar-refractivity contribution < 1.29 is 13.9 Å². The fraction of sp³-hybridized carbons (Fsp3) is 0.174. The van der Waals surface area contributed by atoms with Gasteiger partial charge >= 0.3 is 5.63 Å². The van der Waals surface area contributed by atoms with Crippen LogP contribution in [-0.2, 0) is 0 Å². The molecule has 2 aromatic heterocycles. The molecule has 7 nitrogen and oxygen atoms in total. The highest BCUT2D eigenvalue weighted by molar-refractivity contribution is 6.12. The molecule has 2 aromatic carbocycles. The smallest absolute Gasteiger partial charge is 0.337 e. The number of aromatic nitrogens is 2. The molecule has 152 valence electrons. The Morgan fingerprint density at radius 2 is 1.90 bits per heavy atom. The van der Waals surface area contributed by atoms with Crippen LogP contribution in [-0.4, -0.2) is 21.6 Å². The van der Waals surface area contributed by atoms with E-state index in [1.807, 2.05) is 43.7 Å². The second kappa shape index (κ2) is 7.87. The van der Waals surface area contributed by atoms with Crippen molar-refractivity contribution in [3.05, 3.63) is 82.7 Å². The third-order valence-electron chi connectivity index (χ3n) is 4.56. The van der Waals surface area contributed by atoms with Crippen molar-refractivity contribution in [3.63, 3.8) is 0 Å². The lowest BCUT2D eigenvalue weighted by Gasteiger charge is -2.11. The van der Waals surface area contributed by atoms with E-state index in [-0.39, 0.29) is 11.7 Å². The first-order valence-corrected chi connectivity index (χ1v) is 9.57. The van der Waals surface area contributed by atoms with Crippen molar-refractivity contribution >= 4 is 22.6 Å². The van der Waals surface area contributed by atoms with Crippen LogP contribution in [0.1, 0.15) is 30.0 Å². The van der Waals surface area contributed by atoms with Crippen molar-refractivity contribution in [2.45, 2.75) is 26.9 Å². The topological polar surface area (TPSA) is 86.4 Å². The molecule has 0 atom stereocenters. The molecule has 0 spiro atoms. The predicted molar refractivity (Wildman–Crippen MR) is 115 cm³/mol. The summed E-state index contributed by atoms with van der Waals surface area (Å²) < 4.78 is 12.9. The van der Waals surface area contributed by atoms with E-state index in [0.29, 0.717) is 22.4 Å². The summed E-state index contributed by atoms with van der Waals surface area (Å²) in [5, 5.41) is 3.37. The molecule has 0 saturated heterocycles. The molecule has 0 saturated carbocycles. The lowest BCUT2D eigenvalue weighted by atomic mass is 10.1. The van der Waals surface area contributed by atoms with E-state index in [0.717, 1.165) is 11.5 Å². The summed E-state index contributed by atoms with van der Waals surface area (Å²) in [5.41, 5.74) is 1.50. The minimum Gasteiger partial charge on any atom is -0.491 e. The number of carbonyl (C=O) groups excluding carboxylic acids is 1. The summed E-state index contributed by atoms with van der Waals surface area (Å²) in [4.78, 5) is 29.1. The number of rotatable bonds is 5. The number of nitrogens with one attached hydrogen (secondary N) is 1. The monoisotopic (exact) mass is 403 g/mol. The highest BCUT2D eigenvalue weighted by atomic mass is 16.5. The van der Waals surface area contributed by atoms with E-state index in [4.69, 9.17) is 9.15 Å². The quantitative estimate of drug-likeness (QED) is 0.501. The normalized spacial score (nSPS) is 11.1. The van der Waals surface area contributed by atoms with Crippen LogP contribution >= 0.6 is 0 Å². The molecule has 4 rings (SSSR count). The van der Waals surface area contributed by atoms with Gasteiger partial charge in [-0.25, -0.2) is 9.78 Å². The van der Waals surface area contributed by atoms with Gasteiger partial charge in [-0.3, -0.25) is 4.79 Å². The van der Waals surface area contributed by atoms with Crippen LogP contribution in [0, 0.1) is 6.92 Å². The second-order valence-electron chi connectivity index (χ2n) is 7.15. The molecule has 0 radical (unpaired) electrons. The van der Waals surface area contributed by atoms with Gasteiger partial charge in [0.2, 0.25) is 0 Å². The molecule has 0 aliphatic rings. The standard InChI is InChI=1S/C23H21N3O4/c1-14(2)29-18-8-9-19-20(13-22(27)30-21(19)12-18)23(28)25-16-4-6-17(7-5-16)26-11-10-24-15(26)3/h4-14H,1-3H3,(H,25,28). The molecule has 0 unspecified atom stereocenters. The zero-order chi connectivity index (χ0) is 21.3. The molecule has 4 aromatic rings. The molecular formula is C23H21N3O4. The van der Waals surface area contributed by atoms with Gasteiger partial charge in [-0.1, -0.05) is 0 Å². The number of hydrogen-bond acceptors (Lipinski definition) is 5. The molecule has 30 heavy (non-hydrogen) atoms. The van der Waals surface area contributed by atoms with Gasteiger partial charge in [0.15, 0.2) is 0 Å². The SMILES string of the molecule is Cc1nccn1-c1ccc(NC(=O)c2cc(=O)oc3cc(OC(C)C)ccc23)cc1. The first kappa shape index (κ1) is 19.4. The van der Waals surface area contributed by atoms with Gasteiger partial charge in [-0.2, -0.15) is 0 Å². The first-order chi connectivity index (χ1) is 14.4. The number of imidazole rings is 1. The Balaban J connectivity index is 1.61. The molecule has 0 aliphatic heterocycles. The van der Waals surface area contributed by atoms with Gasteiger partial charge in [-0.05, 0) is 57.2 Å². The number of benzene rings is 2. The van der Waals surface area contributed by atoms with Crippen LogP contribution in [0.4, 0.5) is 5.69 Å². The van der Waals surface area contributed by atoms with E-state index in [9.17, 15) is 9.59 Å². The summed E-state index contributed by atoms with van der Waals surface area (Å²) in [6.07, 6.45) is 3.58. The fourth-order valence-corrected chi connectivity index (χ4v) is 3.23. The molecule has 0 aliphatic carbocycles. The maximum absolute atomic E-state index is 12.9. The number of aryl methyl sites for hydroxylation is 1. The number of amides is 1. The van der Waals surface area contributed by atoms with E-state index in [1.54, 1.807) is 36.5 Å². The highest BCUT2D eigenvalue weighted by Crippen LogP contribution is 2.24. The lowest BCUT2D eigenvalue weighted by Crippen LogP contribution is -2.15. The van der Waals surface area contributed by atoms with Gasteiger partial charge in [0.25, 0.3) is 5.91 Å². The highest BCUT2D eigenvalue weighted by Gasteiger charge is 2.15. The molecular weight excluding hydrogens is 382 g/mol. The summed E-state index contributed by atoms with van der Waals surface area (Å²) in [6.45, 7) is 5.73. The van der Waals surface area contributed by atoms with E-state index in [2.05, 4.69) is 10.3 Å². The number of nitrogens with zero attached hydrogens (tertiary/aromatic N) is 2. The number of anilines is 1. The minimum absolute atomic E-state index is 0.0188. The predicted octanol–water partition coefficient (Wildman–Crippen LogP) is 4.33. The molecule has 2 heterocycles. The van der Waals surface area contributed by atoms with Crippen LogP contribution in [0.15, 0.2) is 70.1 Å². The maximum atomic E-state index is 12.9. The third kappa shape index (κ3) is 3.96. The molecule has 1 N–H and O–H groups in total. The average Bonchev–Trinajstić information content (AvgIpc) is 3.13. The Bertz CT molecular complexity index is 1270. The maximum Gasteiger partial charge on any atom is 0.337 e. The number of carbonyl (C=O) groups is 1. The van der Waals surface area contributed by atoms with Gasteiger partial charge < -0.3 is 19.0 Å². The van der Waals surface area contributed by atoms with Crippen LogP contribution in [0.25, 0.3) is 16.7 Å². The number of fused-ring (bicyclic) bond motifs is 1. The number of ether oxygens (including phenoxy) is 1. The summed E-state index contributed by atoms with van der Waals surface area (Å²) >= 11 is 0. The Kier molecular flexibility index (Phi) is 5.10. The Labute approximate surface area is 172 Å². The van der Waals surface area contributed by atoms with Gasteiger partial charge in [0, 0.05) is 41.3 Å². The fourth-order valence-electron chi connectivity index (χ4n) is 3.23. The largest absolute Gasteiger partial charge is 0.491 e. The van der Waals surface area contributed by atoms with Crippen molar-refractivity contribution in [2.24, 2.45) is 0 Å². The minimum atomic E-state index is -0.597. The Morgan fingerprint density at radius 3 is 2.57 bits per heavy atom. The average molecular weight is 403 g/mol. The summed E-state index contributed by atoms with van der Waals surface area (Å²) in [5.74, 6) is 1.05. The second-order valence-corrected chi connectivity index (χ2v) is 7.15. The zero-order valence-electron chi connectivity index (χ0n) is 16.9. The van der Waals surface area contributed by atoms with Crippen LogP contribution in [0.5, 0.6) is 5.75 Å². The third-order valence-corrected chi connectivity index (χ3v) is 4.56. The first-order valence-electron chi connectivity index (χ1n) is 9.57. The van der Waals surface area contributed by atoms with E-state index in [1.165, 1.54) is 6.07 Å². The van der Waals surface area contributed by atoms with Crippen molar-refractivity contribution in [1.29, 1.82) is 0 Å². The van der Waals surface area contributed by atoms with Crippen molar-refractivity contribution in [3.8, 4) is 11.4 Å². The molecule has 7 heteroatoms. The molecule has 0 fully saturated rings. The zero-order valence-corrected chi connectivity index (χ0v) is 16.9. The van der Waals surface area contributed by atoms with Crippen LogP contribution in [0.2, 0.25) is 0 Å². The van der Waals surface area contributed by atoms with Gasteiger partial charge in [0.05, 0.1) is 11.7 Å². The van der Waals surface area contributed by atoms with Gasteiger partial charge in [0.1, 0.15) is 17.2 Å². The van der Waals surface area contributed by atoms with E-state index >= 15 is 0 Å². The summed E-state index contributed by atoms with van der Waals surface area (Å²) in [7, 11) is 0. The van der Waals surface area contributed by atoms with Crippen LogP contribution < -0.4 is 15.7 Å². The Hall–Kier alpha value is -3.87. The van der Waals surface area contributed by atoms with Crippen molar-refractivity contribution in [2.75, 3.05) is 5.32 Å². The molecule has 0 bridgehead atoms. The van der Waals surface area contributed by atoms with Crippen LogP contribution in [0.3, 0.4) is 0 Å². The Morgan fingerprint density at radius 1 is 1.13 bits per heavy atom. The van der Waals surface area contributed by atoms with E-state index < -0.39 is 11.5 Å². The number of hydrogen-bond donors (Lipinski definition) is 1. The van der Waals surface area contributed by atoms with Crippen molar-refractivity contribution in [1.82, 2.24) is 9.55 Å².